The van der Waals surface area contributed by atoms with Crippen molar-refractivity contribution in [2.75, 3.05) is 11.9 Å². The van der Waals surface area contributed by atoms with Crippen molar-refractivity contribution < 1.29 is 14.0 Å². The number of thiophene rings is 1. The zero-order valence-corrected chi connectivity index (χ0v) is 22.1. The largest absolute Gasteiger partial charge is 0.442 e. The number of nitriles is 1. The van der Waals surface area contributed by atoms with Crippen LogP contribution < -0.4 is 15.6 Å². The predicted octanol–water partition coefficient (Wildman–Crippen LogP) is 4.16. The fraction of sp³-hybridized carbons (Fsp3) is 0.259. The van der Waals surface area contributed by atoms with E-state index in [0.29, 0.717) is 10.6 Å². The number of aromatic nitrogens is 2. The number of amides is 1. The van der Waals surface area contributed by atoms with Gasteiger partial charge >= 0.3 is 10.7 Å². The van der Waals surface area contributed by atoms with Gasteiger partial charge in [0.2, 0.25) is 11.6 Å². The molecule has 37 heavy (non-hydrogen) atoms. The van der Waals surface area contributed by atoms with E-state index in [9.17, 15) is 14.9 Å². The van der Waals surface area contributed by atoms with Gasteiger partial charge in [0.1, 0.15) is 11.1 Å². The van der Waals surface area contributed by atoms with Crippen LogP contribution in [0.25, 0.3) is 5.69 Å². The van der Waals surface area contributed by atoms with Gasteiger partial charge < -0.3 is 5.32 Å². The maximum absolute atomic E-state index is 13.1. The molecule has 8 nitrogen and oxygen atoms in total. The molecule has 1 unspecified atom stereocenters. The molecule has 10 heteroatoms. The van der Waals surface area contributed by atoms with Crippen LogP contribution >= 0.6 is 23.1 Å². The highest BCUT2D eigenvalue weighted by Crippen LogP contribution is 2.37. The number of nitrogens with one attached hydrogen (secondary N) is 2. The average molecular weight is 533 g/mol. The number of hydrogen-bond donors (Lipinski definition) is 2. The summed E-state index contributed by atoms with van der Waals surface area (Å²) in [6, 6.07) is 20.2. The van der Waals surface area contributed by atoms with Gasteiger partial charge in [0.25, 0.3) is 0 Å². The normalized spacial score (nSPS) is 14.1. The molecule has 0 saturated heterocycles. The number of thioether (sulfide) groups is 1. The molecule has 2 aromatic heterocycles. The van der Waals surface area contributed by atoms with Gasteiger partial charge in [-0.1, -0.05) is 48.0 Å². The van der Waals surface area contributed by atoms with Gasteiger partial charge in [-0.05, 0) is 53.1 Å². The van der Waals surface area contributed by atoms with Crippen molar-refractivity contribution in [1.82, 2.24) is 10.2 Å². The van der Waals surface area contributed by atoms with E-state index in [1.807, 2.05) is 49.4 Å². The van der Waals surface area contributed by atoms with Crippen molar-refractivity contribution in [2.45, 2.75) is 43.6 Å². The molecule has 1 aliphatic rings. The zero-order valence-electron chi connectivity index (χ0n) is 20.5. The predicted molar refractivity (Wildman–Crippen MR) is 143 cm³/mol. The number of nitrogens with zero attached hydrogens (tertiary/aromatic N) is 3. The first-order chi connectivity index (χ1) is 17.9. The van der Waals surface area contributed by atoms with Crippen LogP contribution in [0, 0.1) is 18.3 Å². The minimum absolute atomic E-state index is 0.272. The number of rotatable bonds is 7. The second-order valence-electron chi connectivity index (χ2n) is 8.97. The Morgan fingerprint density at radius 2 is 2.03 bits per heavy atom. The van der Waals surface area contributed by atoms with Gasteiger partial charge in [0.05, 0.1) is 10.8 Å². The van der Waals surface area contributed by atoms with Crippen molar-refractivity contribution in [1.29, 1.82) is 5.26 Å². The molecule has 4 aromatic rings. The van der Waals surface area contributed by atoms with Gasteiger partial charge in [-0.3, -0.25) is 14.2 Å². The molecule has 0 bridgehead atoms. The summed E-state index contributed by atoms with van der Waals surface area (Å²) < 4.78 is 6.54. The number of aryl methyl sites for hydroxylation is 1. The summed E-state index contributed by atoms with van der Waals surface area (Å²) in [6.45, 7) is 6.15. The Bertz CT molecular complexity index is 1520. The molecule has 0 saturated carbocycles. The molecule has 1 aliphatic heterocycles. The molecule has 0 radical (unpaired) electrons. The molecular weight excluding hydrogens is 506 g/mol. The van der Waals surface area contributed by atoms with Crippen molar-refractivity contribution in [3.05, 3.63) is 92.1 Å². The quantitative estimate of drug-likeness (QED) is 0.273. The van der Waals surface area contributed by atoms with Crippen molar-refractivity contribution in [2.24, 2.45) is 0 Å². The molecule has 5 rings (SSSR count). The summed E-state index contributed by atoms with van der Waals surface area (Å²) in [6.07, 6.45) is 0.767. The second kappa shape index (κ2) is 10.8. The van der Waals surface area contributed by atoms with Crippen LogP contribution in [-0.4, -0.2) is 27.9 Å². The fourth-order valence-electron chi connectivity index (χ4n) is 4.30. The van der Waals surface area contributed by atoms with Gasteiger partial charge in [-0.15, -0.1) is 11.3 Å². The maximum Gasteiger partial charge on any atom is 0.442 e. The average Bonchev–Trinajstić information content (AvgIpc) is 3.43. The lowest BCUT2D eigenvalue weighted by molar-refractivity contribution is -0.704. The second-order valence-corrected chi connectivity index (χ2v) is 11.4. The molecule has 2 N–H and O–H groups in total. The number of fused-ring (bicyclic) bond motifs is 1. The molecule has 3 heterocycles. The Kier molecular flexibility index (Phi) is 7.28. The van der Waals surface area contributed by atoms with E-state index >= 15 is 0 Å². The van der Waals surface area contributed by atoms with Gasteiger partial charge in [-0.25, -0.2) is 4.79 Å². The zero-order chi connectivity index (χ0) is 25.9. The minimum atomic E-state index is -0.601. The Labute approximate surface area is 222 Å². The SMILES string of the molecule is Cc1ccc(-[n+]2[nH]oc(=O)c2SC(C)C(=O)Nc2sc3c(c2C#N)CCN(Cc2ccccc2)C3)cc1. The van der Waals surface area contributed by atoms with E-state index < -0.39 is 10.9 Å². The van der Waals surface area contributed by atoms with Gasteiger partial charge in [-0.2, -0.15) is 5.26 Å². The minimum Gasteiger partial charge on any atom is -0.316 e. The van der Waals surface area contributed by atoms with Crippen LogP contribution in [0.4, 0.5) is 5.00 Å². The molecule has 1 amide bonds. The van der Waals surface area contributed by atoms with Crippen molar-refractivity contribution >= 4 is 34.0 Å². The number of anilines is 1. The number of H-pyrrole nitrogens is 1. The summed E-state index contributed by atoms with van der Waals surface area (Å²) in [4.78, 5) is 29.0. The van der Waals surface area contributed by atoms with Crippen LogP contribution in [0.1, 0.15) is 34.1 Å². The molecule has 188 valence electrons. The molecule has 0 fully saturated rings. The summed E-state index contributed by atoms with van der Waals surface area (Å²) in [5.74, 6) is -0.280. The van der Waals surface area contributed by atoms with Gasteiger partial charge in [0, 0.05) is 36.6 Å². The van der Waals surface area contributed by atoms with E-state index in [1.54, 1.807) is 6.92 Å². The third-order valence-corrected chi connectivity index (χ3v) is 8.56. The van der Waals surface area contributed by atoms with Crippen LogP contribution in [-0.2, 0) is 24.3 Å². The van der Waals surface area contributed by atoms with Crippen LogP contribution in [0.2, 0.25) is 0 Å². The third kappa shape index (κ3) is 5.39. The summed E-state index contributed by atoms with van der Waals surface area (Å²) in [7, 11) is 0. The van der Waals surface area contributed by atoms with E-state index in [0.717, 1.165) is 59.5 Å². The smallest absolute Gasteiger partial charge is 0.316 e. The first kappa shape index (κ1) is 25.0. The summed E-state index contributed by atoms with van der Waals surface area (Å²) >= 11 is 2.57. The summed E-state index contributed by atoms with van der Waals surface area (Å²) in [5.41, 5.74) is 4.08. The lowest BCUT2D eigenvalue weighted by atomic mass is 10.0. The molecule has 2 aromatic carbocycles. The topological polar surface area (TPSA) is 106 Å². The molecule has 1 atom stereocenters. The highest BCUT2D eigenvalue weighted by molar-refractivity contribution is 8.00. The molecule has 0 spiro atoms. The lowest BCUT2D eigenvalue weighted by Crippen LogP contribution is -2.37. The van der Waals surface area contributed by atoms with E-state index in [4.69, 9.17) is 4.52 Å². The monoisotopic (exact) mass is 532 g/mol. The van der Waals surface area contributed by atoms with E-state index in [1.165, 1.54) is 21.6 Å². The fourth-order valence-corrected chi connectivity index (χ4v) is 6.43. The molecular formula is C27H26N5O3S2+. The van der Waals surface area contributed by atoms with Crippen molar-refractivity contribution in [3.63, 3.8) is 0 Å². The van der Waals surface area contributed by atoms with E-state index in [-0.39, 0.29) is 10.9 Å². The van der Waals surface area contributed by atoms with Gasteiger partial charge in [0.15, 0.2) is 0 Å². The summed E-state index contributed by atoms with van der Waals surface area (Å²) in [5, 5.41) is 15.7. The first-order valence-electron chi connectivity index (χ1n) is 11.9. The maximum atomic E-state index is 13.1. The van der Waals surface area contributed by atoms with E-state index in [2.05, 4.69) is 33.7 Å². The first-order valence-corrected chi connectivity index (χ1v) is 13.6. The number of aromatic amines is 1. The van der Waals surface area contributed by atoms with Crippen LogP contribution in [0.5, 0.6) is 0 Å². The third-order valence-electron chi connectivity index (χ3n) is 6.29. The lowest BCUT2D eigenvalue weighted by Gasteiger charge is -2.26. The van der Waals surface area contributed by atoms with Crippen molar-refractivity contribution in [3.8, 4) is 11.8 Å². The number of benzene rings is 2. The van der Waals surface area contributed by atoms with Crippen LogP contribution in [0.3, 0.4) is 0 Å². The highest BCUT2D eigenvalue weighted by Gasteiger charge is 2.31. The Morgan fingerprint density at radius 3 is 2.76 bits per heavy atom. The Balaban J connectivity index is 1.30. The number of hydrogen-bond acceptors (Lipinski definition) is 7. The standard InChI is InChI=1S/C27H25N5O3S2/c1-17-8-10-20(11-9-17)32-26(27(34)35-30-32)36-18(2)24(33)29-25-22(14-28)21-12-13-31(16-23(21)37-25)15-19-6-4-3-5-7-19/h3-11,18H,12-13,15-16H2,1-2H3,(H-,29,30,33,34)/p+1. The van der Waals surface area contributed by atoms with Crippen LogP contribution in [0.15, 0.2) is 68.9 Å². The highest BCUT2D eigenvalue weighted by atomic mass is 32.2. The Morgan fingerprint density at radius 1 is 1.27 bits per heavy atom. The number of carbonyl (C=O) groups excluding carboxylic acids is 1. The Hall–Kier alpha value is -3.65. The molecule has 0 aliphatic carbocycles. The number of carbonyl (C=O) groups is 1.